The molecule has 0 aliphatic rings. The zero-order valence-corrected chi connectivity index (χ0v) is 9.32. The van der Waals surface area contributed by atoms with Gasteiger partial charge in [0, 0.05) is 11.8 Å². The van der Waals surface area contributed by atoms with Gasteiger partial charge in [-0.1, -0.05) is 13.0 Å². The third-order valence-corrected chi connectivity index (χ3v) is 2.42. The van der Waals surface area contributed by atoms with Crippen LogP contribution in [0, 0.1) is 13.8 Å². The Morgan fingerprint density at radius 1 is 1.53 bits per heavy atom. The van der Waals surface area contributed by atoms with Crippen LogP contribution in [-0.4, -0.2) is 20.9 Å². The third kappa shape index (κ3) is 2.68. The van der Waals surface area contributed by atoms with Crippen molar-refractivity contribution in [2.75, 3.05) is 0 Å². The Balaban J connectivity index is 2.83. The van der Waals surface area contributed by atoms with Crippen LogP contribution in [0.1, 0.15) is 23.9 Å². The second-order valence-electron chi connectivity index (χ2n) is 3.43. The lowest BCUT2D eigenvalue weighted by molar-refractivity contribution is -0.131. The van der Waals surface area contributed by atoms with Crippen molar-refractivity contribution in [3.05, 3.63) is 29.1 Å². The number of hydrogen-bond donors (Lipinski definition) is 1. The van der Waals surface area contributed by atoms with E-state index in [2.05, 4.69) is 12.0 Å². The predicted molar refractivity (Wildman–Crippen MR) is 57.9 cm³/mol. The van der Waals surface area contributed by atoms with E-state index in [9.17, 15) is 4.79 Å². The molecule has 1 rings (SSSR count). The van der Waals surface area contributed by atoms with E-state index in [1.165, 1.54) is 5.56 Å². The summed E-state index contributed by atoms with van der Waals surface area (Å²) >= 11 is 0. The minimum Gasteiger partial charge on any atom is -0.478 e. The number of aliphatic carboxylic acids is 1. The molecule has 1 heterocycles. The maximum absolute atomic E-state index is 10.3. The number of hydrogen-bond acceptors (Lipinski definition) is 2. The van der Waals surface area contributed by atoms with Gasteiger partial charge in [0.1, 0.15) is 0 Å². The molecule has 0 aliphatic carbocycles. The predicted octanol–water partition coefficient (Wildman–Crippen LogP) is 1.70. The number of aryl methyl sites for hydroxylation is 1. The van der Waals surface area contributed by atoms with Crippen molar-refractivity contribution in [2.45, 2.75) is 33.7 Å². The minimum atomic E-state index is -0.924. The fourth-order valence-electron chi connectivity index (χ4n) is 1.68. The van der Waals surface area contributed by atoms with Crippen LogP contribution in [-0.2, 0) is 17.8 Å². The summed E-state index contributed by atoms with van der Waals surface area (Å²) in [5.74, 6) is -0.924. The van der Waals surface area contributed by atoms with Crippen LogP contribution >= 0.6 is 0 Å². The quantitative estimate of drug-likeness (QED) is 0.766. The third-order valence-electron chi connectivity index (χ3n) is 2.42. The van der Waals surface area contributed by atoms with Gasteiger partial charge in [0.15, 0.2) is 0 Å². The molecule has 0 bridgehead atoms. The van der Waals surface area contributed by atoms with Crippen molar-refractivity contribution in [2.24, 2.45) is 0 Å². The molecular weight excluding hydrogens is 192 g/mol. The average molecular weight is 208 g/mol. The van der Waals surface area contributed by atoms with Crippen molar-refractivity contribution in [3.63, 3.8) is 0 Å². The zero-order valence-electron chi connectivity index (χ0n) is 9.32. The standard InChI is InChI=1S/C11H16N2O2/c1-4-10-8(2)12-13(9(10)3)7-5-6-11(14)15/h5-6H,4,7H2,1-3H3,(H,14,15). The lowest BCUT2D eigenvalue weighted by atomic mass is 10.1. The highest BCUT2D eigenvalue weighted by Crippen LogP contribution is 2.13. The van der Waals surface area contributed by atoms with Crippen molar-refractivity contribution in [3.8, 4) is 0 Å². The van der Waals surface area contributed by atoms with Gasteiger partial charge in [-0.2, -0.15) is 5.10 Å². The maximum Gasteiger partial charge on any atom is 0.328 e. The largest absolute Gasteiger partial charge is 0.478 e. The molecule has 4 nitrogen and oxygen atoms in total. The van der Waals surface area contributed by atoms with E-state index in [0.717, 1.165) is 23.9 Å². The monoisotopic (exact) mass is 208 g/mol. The second-order valence-corrected chi connectivity index (χ2v) is 3.43. The Hall–Kier alpha value is -1.58. The van der Waals surface area contributed by atoms with Crippen LogP contribution in [0.3, 0.4) is 0 Å². The number of carboxylic acids is 1. The van der Waals surface area contributed by atoms with Crippen LogP contribution in [0.4, 0.5) is 0 Å². The first-order valence-corrected chi connectivity index (χ1v) is 4.98. The highest BCUT2D eigenvalue weighted by molar-refractivity contribution is 5.79. The molecule has 0 aromatic carbocycles. The molecule has 0 atom stereocenters. The van der Waals surface area contributed by atoms with E-state index in [1.54, 1.807) is 6.08 Å². The van der Waals surface area contributed by atoms with Crippen molar-refractivity contribution < 1.29 is 9.90 Å². The molecule has 82 valence electrons. The van der Waals surface area contributed by atoms with Crippen LogP contribution in [0.15, 0.2) is 12.2 Å². The number of rotatable bonds is 4. The van der Waals surface area contributed by atoms with Crippen LogP contribution in [0.2, 0.25) is 0 Å². The van der Waals surface area contributed by atoms with E-state index in [-0.39, 0.29) is 0 Å². The van der Waals surface area contributed by atoms with Crippen LogP contribution in [0.5, 0.6) is 0 Å². The van der Waals surface area contributed by atoms with Crippen molar-refractivity contribution in [1.82, 2.24) is 9.78 Å². The van der Waals surface area contributed by atoms with Gasteiger partial charge < -0.3 is 5.11 Å². The maximum atomic E-state index is 10.3. The first-order valence-electron chi connectivity index (χ1n) is 4.98. The topological polar surface area (TPSA) is 55.1 Å². The van der Waals surface area contributed by atoms with Gasteiger partial charge in [0.2, 0.25) is 0 Å². The first-order chi connectivity index (χ1) is 7.06. The Morgan fingerprint density at radius 2 is 2.20 bits per heavy atom. The van der Waals surface area contributed by atoms with Gasteiger partial charge in [-0.05, 0) is 25.8 Å². The minimum absolute atomic E-state index is 0.513. The van der Waals surface area contributed by atoms with Crippen molar-refractivity contribution in [1.29, 1.82) is 0 Å². The summed E-state index contributed by atoms with van der Waals surface area (Å²) < 4.78 is 1.83. The molecule has 0 radical (unpaired) electrons. The fourth-order valence-corrected chi connectivity index (χ4v) is 1.68. The highest BCUT2D eigenvalue weighted by atomic mass is 16.4. The summed E-state index contributed by atoms with van der Waals surface area (Å²) in [5, 5.41) is 12.8. The second kappa shape index (κ2) is 4.77. The molecule has 0 spiro atoms. The van der Waals surface area contributed by atoms with E-state index < -0.39 is 5.97 Å². The molecule has 0 unspecified atom stereocenters. The van der Waals surface area contributed by atoms with E-state index in [4.69, 9.17) is 5.11 Å². The Morgan fingerprint density at radius 3 is 2.67 bits per heavy atom. The highest BCUT2D eigenvalue weighted by Gasteiger charge is 2.07. The summed E-state index contributed by atoms with van der Waals surface area (Å²) in [6, 6.07) is 0. The van der Waals surface area contributed by atoms with Crippen LogP contribution < -0.4 is 0 Å². The summed E-state index contributed by atoms with van der Waals surface area (Å²) in [7, 11) is 0. The van der Waals surface area contributed by atoms with Gasteiger partial charge >= 0.3 is 5.97 Å². The molecule has 0 saturated heterocycles. The summed E-state index contributed by atoms with van der Waals surface area (Å²) in [4.78, 5) is 10.3. The van der Waals surface area contributed by atoms with Crippen LogP contribution in [0.25, 0.3) is 0 Å². The first kappa shape index (κ1) is 11.5. The number of allylic oxidation sites excluding steroid dienone is 1. The smallest absolute Gasteiger partial charge is 0.328 e. The van der Waals surface area contributed by atoms with Gasteiger partial charge in [-0.15, -0.1) is 0 Å². The van der Waals surface area contributed by atoms with Gasteiger partial charge in [-0.3, -0.25) is 4.68 Å². The molecule has 1 aromatic rings. The molecule has 0 fully saturated rings. The summed E-state index contributed by atoms with van der Waals surface area (Å²) in [5.41, 5.74) is 3.39. The fraction of sp³-hybridized carbons (Fsp3) is 0.455. The Kier molecular flexibility index (Phi) is 3.66. The van der Waals surface area contributed by atoms with E-state index in [0.29, 0.717) is 6.54 Å². The average Bonchev–Trinajstić information content (AvgIpc) is 2.41. The molecule has 1 aromatic heterocycles. The molecular formula is C11H16N2O2. The number of carboxylic acid groups (broad SMARTS) is 1. The van der Waals surface area contributed by atoms with Gasteiger partial charge in [0.05, 0.1) is 12.2 Å². The lowest BCUT2D eigenvalue weighted by Gasteiger charge is -2.00. The summed E-state index contributed by atoms with van der Waals surface area (Å²) in [6.07, 6.45) is 3.70. The molecule has 0 saturated carbocycles. The lowest BCUT2D eigenvalue weighted by Crippen LogP contribution is -2.01. The Labute approximate surface area is 89.2 Å². The van der Waals surface area contributed by atoms with Gasteiger partial charge in [-0.25, -0.2) is 4.79 Å². The van der Waals surface area contributed by atoms with E-state index >= 15 is 0 Å². The molecule has 4 heteroatoms. The normalized spacial score (nSPS) is 11.1. The van der Waals surface area contributed by atoms with E-state index in [1.807, 2.05) is 18.5 Å². The summed E-state index contributed by atoms with van der Waals surface area (Å²) in [6.45, 7) is 6.59. The number of aromatic nitrogens is 2. The SMILES string of the molecule is CCc1c(C)nn(CC=CC(=O)O)c1C. The molecule has 0 aliphatic heterocycles. The number of carbonyl (C=O) groups is 1. The number of nitrogens with zero attached hydrogens (tertiary/aromatic N) is 2. The zero-order chi connectivity index (χ0) is 11.4. The molecule has 15 heavy (non-hydrogen) atoms. The van der Waals surface area contributed by atoms with Crippen molar-refractivity contribution >= 4 is 5.97 Å². The van der Waals surface area contributed by atoms with Gasteiger partial charge in [0.25, 0.3) is 0 Å². The molecule has 0 amide bonds. The Bertz CT molecular complexity index is 392. The molecule has 1 N–H and O–H groups in total.